The highest BCUT2D eigenvalue weighted by Gasteiger charge is 2.31. The van der Waals surface area contributed by atoms with Gasteiger partial charge in [-0.3, -0.25) is 4.79 Å². The van der Waals surface area contributed by atoms with E-state index in [9.17, 15) is 4.79 Å². The maximum atomic E-state index is 12.0. The van der Waals surface area contributed by atoms with Gasteiger partial charge in [-0.2, -0.15) is 0 Å². The molecule has 2 heterocycles. The number of piperidine rings is 1. The zero-order valence-corrected chi connectivity index (χ0v) is 12.3. The van der Waals surface area contributed by atoms with Gasteiger partial charge in [-0.05, 0) is 56.0 Å². The average molecular weight is 285 g/mol. The van der Waals surface area contributed by atoms with E-state index in [0.717, 1.165) is 24.9 Å². The fourth-order valence-electron chi connectivity index (χ4n) is 3.44. The Morgan fingerprint density at radius 2 is 2.24 bits per heavy atom. The van der Waals surface area contributed by atoms with E-state index < -0.39 is 0 Å². The van der Waals surface area contributed by atoms with E-state index in [1.807, 2.05) is 30.3 Å². The number of carbonyl (C=O) groups excluding carboxylic acids is 1. The summed E-state index contributed by atoms with van der Waals surface area (Å²) in [6.45, 7) is 2.36. The monoisotopic (exact) mass is 285 g/mol. The Labute approximate surface area is 126 Å². The number of nitrogen functional groups attached to an aromatic ring is 1. The third-order valence-corrected chi connectivity index (χ3v) is 4.50. The van der Waals surface area contributed by atoms with Gasteiger partial charge < -0.3 is 16.0 Å². The Morgan fingerprint density at radius 1 is 1.33 bits per heavy atom. The summed E-state index contributed by atoms with van der Waals surface area (Å²) in [5.41, 5.74) is 7.39. The predicted molar refractivity (Wildman–Crippen MR) is 85.6 cm³/mol. The Balaban J connectivity index is 1.52. The number of carbonyl (C=O) groups is 1. The molecule has 21 heavy (non-hydrogen) atoms. The van der Waals surface area contributed by atoms with Gasteiger partial charge in [0.05, 0.1) is 0 Å². The summed E-state index contributed by atoms with van der Waals surface area (Å²) in [4.78, 5) is 14.6. The number of hydrogen-bond donors (Lipinski definition) is 2. The summed E-state index contributed by atoms with van der Waals surface area (Å²) in [6, 6.07) is 8.54. The normalized spacial score (nSPS) is 25.9. The van der Waals surface area contributed by atoms with Crippen LogP contribution in [0.15, 0.2) is 30.3 Å². The van der Waals surface area contributed by atoms with Crippen LogP contribution in [0.25, 0.3) is 6.08 Å². The van der Waals surface area contributed by atoms with E-state index in [1.54, 1.807) is 6.08 Å². The van der Waals surface area contributed by atoms with Crippen molar-refractivity contribution in [2.24, 2.45) is 0 Å². The minimum absolute atomic E-state index is 0.00567. The van der Waals surface area contributed by atoms with Gasteiger partial charge in [0.15, 0.2) is 0 Å². The first kappa shape index (κ1) is 14.1. The van der Waals surface area contributed by atoms with Gasteiger partial charge in [0.2, 0.25) is 5.91 Å². The molecule has 2 aliphatic heterocycles. The molecular formula is C17H23N3O. The van der Waals surface area contributed by atoms with Crippen LogP contribution in [-0.4, -0.2) is 36.0 Å². The summed E-state index contributed by atoms with van der Waals surface area (Å²) in [7, 11) is 0. The van der Waals surface area contributed by atoms with Crippen LogP contribution in [0.2, 0.25) is 0 Å². The number of hydrogen-bond acceptors (Lipinski definition) is 3. The first-order chi connectivity index (χ1) is 10.2. The Morgan fingerprint density at radius 3 is 3.10 bits per heavy atom. The molecule has 2 saturated heterocycles. The molecule has 3 N–H and O–H groups in total. The number of amides is 1. The lowest BCUT2D eigenvalue weighted by Gasteiger charge is -2.34. The van der Waals surface area contributed by atoms with Crippen molar-refractivity contribution in [2.45, 2.75) is 37.8 Å². The maximum absolute atomic E-state index is 12.0. The number of benzene rings is 1. The number of nitrogens with one attached hydrogen (secondary N) is 1. The van der Waals surface area contributed by atoms with Gasteiger partial charge in [-0.25, -0.2) is 0 Å². The highest BCUT2D eigenvalue weighted by atomic mass is 16.1. The van der Waals surface area contributed by atoms with Crippen molar-refractivity contribution in [2.75, 3.05) is 18.8 Å². The summed E-state index contributed by atoms with van der Waals surface area (Å²) in [6.07, 6.45) is 8.17. The molecule has 3 rings (SSSR count). The zero-order chi connectivity index (χ0) is 14.7. The summed E-state index contributed by atoms with van der Waals surface area (Å²) < 4.78 is 0. The van der Waals surface area contributed by atoms with Crippen molar-refractivity contribution in [1.82, 2.24) is 10.2 Å². The van der Waals surface area contributed by atoms with Crippen LogP contribution < -0.4 is 11.1 Å². The topological polar surface area (TPSA) is 58.4 Å². The minimum Gasteiger partial charge on any atom is -0.399 e. The number of nitrogens with zero attached hydrogens (tertiary/aromatic N) is 1. The van der Waals surface area contributed by atoms with Gasteiger partial charge in [0, 0.05) is 30.4 Å². The molecule has 2 atom stereocenters. The van der Waals surface area contributed by atoms with Gasteiger partial charge in [-0.15, -0.1) is 0 Å². The largest absolute Gasteiger partial charge is 0.399 e. The van der Waals surface area contributed by atoms with E-state index >= 15 is 0 Å². The lowest BCUT2D eigenvalue weighted by atomic mass is 9.97. The second-order valence-electron chi connectivity index (χ2n) is 6.07. The molecular weight excluding hydrogens is 262 g/mol. The van der Waals surface area contributed by atoms with Crippen LogP contribution >= 0.6 is 0 Å². The van der Waals surface area contributed by atoms with Crippen LogP contribution in [-0.2, 0) is 4.79 Å². The van der Waals surface area contributed by atoms with Crippen LogP contribution in [0.1, 0.15) is 31.2 Å². The van der Waals surface area contributed by atoms with E-state index in [-0.39, 0.29) is 5.91 Å². The van der Waals surface area contributed by atoms with Crippen LogP contribution in [0, 0.1) is 0 Å². The average Bonchev–Trinajstić information content (AvgIpc) is 2.93. The molecule has 0 aliphatic carbocycles. The second kappa shape index (κ2) is 6.31. The SMILES string of the molecule is Nc1cccc(/C=C/C(=O)NC2CCN3CCCC3C2)c1. The first-order valence-corrected chi connectivity index (χ1v) is 7.79. The van der Waals surface area contributed by atoms with E-state index in [2.05, 4.69) is 10.2 Å². The third kappa shape index (κ3) is 3.64. The van der Waals surface area contributed by atoms with Crippen molar-refractivity contribution in [3.8, 4) is 0 Å². The molecule has 4 nitrogen and oxygen atoms in total. The summed E-state index contributed by atoms with van der Waals surface area (Å²) >= 11 is 0. The fraction of sp³-hybridized carbons (Fsp3) is 0.471. The first-order valence-electron chi connectivity index (χ1n) is 7.79. The maximum Gasteiger partial charge on any atom is 0.244 e. The van der Waals surface area contributed by atoms with Crippen molar-refractivity contribution in [1.29, 1.82) is 0 Å². The lowest BCUT2D eigenvalue weighted by Crippen LogP contribution is -2.47. The predicted octanol–water partition coefficient (Wildman–Crippen LogP) is 2.02. The van der Waals surface area contributed by atoms with Crippen LogP contribution in [0.5, 0.6) is 0 Å². The molecule has 0 bridgehead atoms. The second-order valence-corrected chi connectivity index (χ2v) is 6.07. The van der Waals surface area contributed by atoms with Crippen molar-refractivity contribution < 1.29 is 4.79 Å². The van der Waals surface area contributed by atoms with Crippen molar-refractivity contribution in [3.63, 3.8) is 0 Å². The van der Waals surface area contributed by atoms with E-state index in [4.69, 9.17) is 5.73 Å². The molecule has 2 fully saturated rings. The molecule has 0 aromatic heterocycles. The Hall–Kier alpha value is -1.81. The van der Waals surface area contributed by atoms with Crippen molar-refractivity contribution in [3.05, 3.63) is 35.9 Å². The van der Waals surface area contributed by atoms with Crippen molar-refractivity contribution >= 4 is 17.7 Å². The summed E-state index contributed by atoms with van der Waals surface area (Å²) in [5.74, 6) is -0.00567. The van der Waals surface area contributed by atoms with E-state index in [1.165, 1.54) is 19.4 Å². The standard InChI is InChI=1S/C17H23N3O/c18-14-4-1-3-13(11-14)6-7-17(21)19-15-8-10-20-9-2-5-16(20)12-15/h1,3-4,6-7,11,15-16H,2,5,8-10,12,18H2,(H,19,21)/b7-6+. The molecule has 4 heteroatoms. The van der Waals surface area contributed by atoms with Gasteiger partial charge >= 0.3 is 0 Å². The van der Waals surface area contributed by atoms with Gasteiger partial charge in [-0.1, -0.05) is 12.1 Å². The van der Waals surface area contributed by atoms with Gasteiger partial charge in [0.25, 0.3) is 0 Å². The number of fused-ring (bicyclic) bond motifs is 1. The molecule has 0 spiro atoms. The highest BCUT2D eigenvalue weighted by Crippen LogP contribution is 2.26. The Bertz CT molecular complexity index is 541. The number of anilines is 1. The van der Waals surface area contributed by atoms with Gasteiger partial charge in [0.1, 0.15) is 0 Å². The van der Waals surface area contributed by atoms with E-state index in [0.29, 0.717) is 17.8 Å². The summed E-state index contributed by atoms with van der Waals surface area (Å²) in [5, 5.41) is 3.13. The van der Waals surface area contributed by atoms with Crippen LogP contribution in [0.3, 0.4) is 0 Å². The molecule has 1 aromatic carbocycles. The molecule has 0 saturated carbocycles. The lowest BCUT2D eigenvalue weighted by molar-refractivity contribution is -0.117. The molecule has 112 valence electrons. The number of rotatable bonds is 3. The molecule has 1 amide bonds. The molecule has 2 aliphatic rings. The molecule has 2 unspecified atom stereocenters. The Kier molecular flexibility index (Phi) is 4.25. The smallest absolute Gasteiger partial charge is 0.244 e. The minimum atomic E-state index is -0.00567. The number of nitrogens with two attached hydrogens (primary N) is 1. The third-order valence-electron chi connectivity index (χ3n) is 4.50. The fourth-order valence-corrected chi connectivity index (χ4v) is 3.44. The molecule has 0 radical (unpaired) electrons. The quantitative estimate of drug-likeness (QED) is 0.660. The zero-order valence-electron chi connectivity index (χ0n) is 12.3. The van der Waals surface area contributed by atoms with Crippen LogP contribution in [0.4, 0.5) is 5.69 Å². The highest BCUT2D eigenvalue weighted by molar-refractivity contribution is 5.92. The molecule has 1 aromatic rings.